The molecule has 0 saturated heterocycles. The zero-order chi connectivity index (χ0) is 26.9. The number of benzene rings is 2. The van der Waals surface area contributed by atoms with Crippen molar-refractivity contribution in [3.05, 3.63) is 72.6 Å². The second-order valence-electron chi connectivity index (χ2n) is 8.85. The van der Waals surface area contributed by atoms with Crippen molar-refractivity contribution >= 4 is 43.6 Å². The zero-order valence-electron chi connectivity index (χ0n) is 21.3. The number of hydrogen-bond donors (Lipinski definition) is 0. The van der Waals surface area contributed by atoms with Crippen LogP contribution in [0.5, 0.6) is 11.5 Å². The van der Waals surface area contributed by atoms with Crippen LogP contribution in [0.4, 0.5) is 0 Å². The number of alkyl halides is 1. The fourth-order valence-electron chi connectivity index (χ4n) is 4.49. The predicted octanol–water partition coefficient (Wildman–Crippen LogP) is 5.38. The van der Waals surface area contributed by atoms with E-state index in [9.17, 15) is 8.42 Å². The lowest BCUT2D eigenvalue weighted by molar-refractivity contribution is 0.110. The molecule has 0 fully saturated rings. The Labute approximate surface area is 226 Å². The molecule has 38 heavy (non-hydrogen) atoms. The van der Waals surface area contributed by atoms with Gasteiger partial charge in [-0.1, -0.05) is 17.7 Å². The largest absolute Gasteiger partial charge is 0.493 e. The number of ether oxygens (including phenoxy) is 3. The summed E-state index contributed by atoms with van der Waals surface area (Å²) in [5, 5.41) is 1.54. The van der Waals surface area contributed by atoms with E-state index < -0.39 is 10.0 Å². The highest BCUT2D eigenvalue weighted by atomic mass is 35.5. The molecule has 2 aromatic carbocycles. The standard InChI is InChI=1S/C28H28ClN3O5S/c1-19-6-8-21(9-7-19)38(33,34)32-25(15-20-5-4-11-30-28(20)32)23-18-31(2)24-17-27(26(35-3)16-22(23)24)37-14-13-36-12-10-29/h4-9,11,15-18H,10,12-14H2,1-3H3. The van der Waals surface area contributed by atoms with Crippen LogP contribution in [0, 0.1) is 6.92 Å². The van der Waals surface area contributed by atoms with Gasteiger partial charge in [0.25, 0.3) is 10.0 Å². The molecule has 5 rings (SSSR count). The van der Waals surface area contributed by atoms with Crippen LogP contribution >= 0.6 is 11.6 Å². The summed E-state index contributed by atoms with van der Waals surface area (Å²) in [5.41, 5.74) is 3.44. The molecule has 0 spiro atoms. The van der Waals surface area contributed by atoms with Crippen molar-refractivity contribution in [3.63, 3.8) is 0 Å². The Kier molecular flexibility index (Phi) is 7.34. The molecule has 10 heteroatoms. The first-order chi connectivity index (χ1) is 18.3. The Morgan fingerprint density at radius 3 is 2.53 bits per heavy atom. The van der Waals surface area contributed by atoms with E-state index in [0.717, 1.165) is 27.4 Å². The van der Waals surface area contributed by atoms with Gasteiger partial charge in [0.1, 0.15) is 6.61 Å². The third-order valence-electron chi connectivity index (χ3n) is 6.34. The summed E-state index contributed by atoms with van der Waals surface area (Å²) in [6, 6.07) is 16.1. The van der Waals surface area contributed by atoms with Crippen molar-refractivity contribution in [1.82, 2.24) is 13.5 Å². The maximum absolute atomic E-state index is 14.0. The van der Waals surface area contributed by atoms with Gasteiger partial charge in [0.15, 0.2) is 17.1 Å². The summed E-state index contributed by atoms with van der Waals surface area (Å²) in [7, 11) is -0.474. The van der Waals surface area contributed by atoms with E-state index in [4.69, 9.17) is 25.8 Å². The number of halogens is 1. The summed E-state index contributed by atoms with van der Waals surface area (Å²) in [4.78, 5) is 4.63. The summed E-state index contributed by atoms with van der Waals surface area (Å²) < 4.78 is 48.2. The molecule has 0 aliphatic heterocycles. The van der Waals surface area contributed by atoms with Crippen LogP contribution in [0.15, 0.2) is 71.9 Å². The van der Waals surface area contributed by atoms with Crippen LogP contribution in [0.1, 0.15) is 5.56 Å². The van der Waals surface area contributed by atoms with Gasteiger partial charge in [-0.05, 0) is 43.3 Å². The van der Waals surface area contributed by atoms with Crippen LogP contribution in [0.2, 0.25) is 0 Å². The minimum atomic E-state index is -3.96. The first kappa shape index (κ1) is 26.1. The van der Waals surface area contributed by atoms with E-state index in [1.165, 1.54) is 3.97 Å². The van der Waals surface area contributed by atoms with Crippen molar-refractivity contribution in [1.29, 1.82) is 0 Å². The van der Waals surface area contributed by atoms with Gasteiger partial charge in [-0.15, -0.1) is 11.6 Å². The molecule has 0 aliphatic rings. The SMILES string of the molecule is COc1cc2c(-c3cc4cccnc4n3S(=O)(=O)c3ccc(C)cc3)cn(C)c2cc1OCCOCCCl. The minimum Gasteiger partial charge on any atom is -0.493 e. The summed E-state index contributed by atoms with van der Waals surface area (Å²) in [6.45, 7) is 3.11. The average Bonchev–Trinajstić information content (AvgIpc) is 3.46. The maximum atomic E-state index is 14.0. The number of fused-ring (bicyclic) bond motifs is 2. The van der Waals surface area contributed by atoms with E-state index in [1.807, 2.05) is 49.0 Å². The van der Waals surface area contributed by atoms with Crippen molar-refractivity contribution in [2.75, 3.05) is 32.8 Å². The van der Waals surface area contributed by atoms with Crippen LogP contribution in [-0.2, 0) is 21.8 Å². The normalized spacial score (nSPS) is 11.9. The molecule has 8 nitrogen and oxygen atoms in total. The molecule has 0 aliphatic carbocycles. The number of aryl methyl sites for hydroxylation is 2. The van der Waals surface area contributed by atoms with E-state index in [-0.39, 0.29) is 4.90 Å². The van der Waals surface area contributed by atoms with Gasteiger partial charge in [-0.25, -0.2) is 17.4 Å². The van der Waals surface area contributed by atoms with Gasteiger partial charge in [0.2, 0.25) is 0 Å². The van der Waals surface area contributed by atoms with Crippen molar-refractivity contribution in [3.8, 4) is 22.8 Å². The molecular weight excluding hydrogens is 526 g/mol. The minimum absolute atomic E-state index is 0.192. The van der Waals surface area contributed by atoms with Gasteiger partial charge in [-0.2, -0.15) is 0 Å². The Balaban J connectivity index is 1.67. The van der Waals surface area contributed by atoms with Gasteiger partial charge >= 0.3 is 0 Å². The first-order valence-electron chi connectivity index (χ1n) is 12.1. The second-order valence-corrected chi connectivity index (χ2v) is 11.0. The smallest absolute Gasteiger partial charge is 0.269 e. The molecule has 0 N–H and O–H groups in total. The monoisotopic (exact) mass is 553 g/mol. The Morgan fingerprint density at radius 1 is 1.00 bits per heavy atom. The van der Waals surface area contributed by atoms with Crippen LogP contribution in [0.3, 0.4) is 0 Å². The van der Waals surface area contributed by atoms with Gasteiger partial charge in [-0.3, -0.25) is 0 Å². The van der Waals surface area contributed by atoms with Gasteiger partial charge in [0, 0.05) is 47.7 Å². The Bertz CT molecular complexity index is 1710. The van der Waals surface area contributed by atoms with E-state index in [2.05, 4.69) is 4.98 Å². The molecule has 0 unspecified atom stereocenters. The summed E-state index contributed by atoms with van der Waals surface area (Å²) in [5.74, 6) is 1.52. The molecule has 5 aromatic rings. The topological polar surface area (TPSA) is 84.6 Å². The third kappa shape index (κ3) is 4.73. The fraction of sp³-hybridized carbons (Fsp3) is 0.250. The third-order valence-corrected chi connectivity index (χ3v) is 8.21. The number of methoxy groups -OCH3 is 1. The molecule has 3 heterocycles. The maximum Gasteiger partial charge on any atom is 0.269 e. The Hall–Kier alpha value is -3.53. The lowest BCUT2D eigenvalue weighted by Crippen LogP contribution is -2.14. The van der Waals surface area contributed by atoms with E-state index in [0.29, 0.717) is 48.5 Å². The first-order valence-corrected chi connectivity index (χ1v) is 14.0. The number of rotatable bonds is 10. The van der Waals surface area contributed by atoms with E-state index in [1.54, 1.807) is 43.6 Å². The molecule has 0 bridgehead atoms. The highest BCUT2D eigenvalue weighted by Gasteiger charge is 2.27. The Morgan fingerprint density at radius 2 is 1.79 bits per heavy atom. The molecule has 0 amide bonds. The zero-order valence-corrected chi connectivity index (χ0v) is 22.9. The summed E-state index contributed by atoms with van der Waals surface area (Å²) >= 11 is 5.65. The lowest BCUT2D eigenvalue weighted by Gasteiger charge is -2.13. The molecule has 3 aromatic heterocycles. The highest BCUT2D eigenvalue weighted by molar-refractivity contribution is 7.90. The molecule has 0 radical (unpaired) electrons. The highest BCUT2D eigenvalue weighted by Crippen LogP contribution is 2.40. The number of aromatic nitrogens is 3. The number of hydrogen-bond acceptors (Lipinski definition) is 6. The van der Waals surface area contributed by atoms with Crippen molar-refractivity contribution in [2.45, 2.75) is 11.8 Å². The second kappa shape index (κ2) is 10.7. The van der Waals surface area contributed by atoms with Crippen LogP contribution < -0.4 is 9.47 Å². The molecule has 198 valence electrons. The van der Waals surface area contributed by atoms with Crippen molar-refractivity contribution in [2.24, 2.45) is 7.05 Å². The van der Waals surface area contributed by atoms with Crippen molar-refractivity contribution < 1.29 is 22.6 Å². The van der Waals surface area contributed by atoms with Crippen LogP contribution in [0.25, 0.3) is 33.2 Å². The molecular formula is C28H28ClN3O5S. The quantitative estimate of drug-likeness (QED) is 0.170. The van der Waals surface area contributed by atoms with E-state index >= 15 is 0 Å². The molecule has 0 atom stereocenters. The predicted molar refractivity (Wildman–Crippen MR) is 149 cm³/mol. The summed E-state index contributed by atoms with van der Waals surface area (Å²) in [6.07, 6.45) is 3.51. The fourth-order valence-corrected chi connectivity index (χ4v) is 6.08. The van der Waals surface area contributed by atoms with Gasteiger partial charge < -0.3 is 18.8 Å². The number of nitrogens with zero attached hydrogens (tertiary/aromatic N) is 3. The average molecular weight is 554 g/mol. The molecule has 0 saturated carbocycles. The van der Waals surface area contributed by atoms with Gasteiger partial charge in [0.05, 0.1) is 36.4 Å². The van der Waals surface area contributed by atoms with Crippen LogP contribution in [-0.4, -0.2) is 54.8 Å². The lowest BCUT2D eigenvalue weighted by atomic mass is 10.1. The number of pyridine rings is 1.